The van der Waals surface area contributed by atoms with Crippen LogP contribution >= 0.6 is 27.7 Å². The molecule has 0 aliphatic heterocycles. The third-order valence-corrected chi connectivity index (χ3v) is 4.39. The van der Waals surface area contributed by atoms with Crippen LogP contribution in [-0.4, -0.2) is 0 Å². The summed E-state index contributed by atoms with van der Waals surface area (Å²) < 4.78 is 1.04. The highest BCUT2D eigenvalue weighted by atomic mass is 79.9. The average Bonchev–Trinajstić information content (AvgIpc) is 2.29. The third-order valence-electron chi connectivity index (χ3n) is 2.86. The van der Waals surface area contributed by atoms with Gasteiger partial charge in [-0.1, -0.05) is 22.0 Å². The summed E-state index contributed by atoms with van der Waals surface area (Å²) in [5.41, 5.74) is 10.6. The smallest absolute Gasteiger partial charge is 0.0328 e. The summed E-state index contributed by atoms with van der Waals surface area (Å²) in [7, 11) is 0. The molecule has 0 aromatic heterocycles. The molecule has 0 saturated carbocycles. The van der Waals surface area contributed by atoms with E-state index >= 15 is 0 Å². The maximum absolute atomic E-state index is 5.83. The third kappa shape index (κ3) is 3.53. The molecule has 2 aromatic rings. The van der Waals surface area contributed by atoms with E-state index in [1.807, 2.05) is 23.9 Å². The van der Waals surface area contributed by atoms with Gasteiger partial charge in [0.25, 0.3) is 0 Å². The van der Waals surface area contributed by atoms with Gasteiger partial charge in [-0.15, -0.1) is 11.8 Å². The van der Waals surface area contributed by atoms with E-state index in [0.29, 0.717) is 0 Å². The van der Waals surface area contributed by atoms with E-state index in [9.17, 15) is 0 Å². The second-order valence-electron chi connectivity index (χ2n) is 4.43. The van der Waals surface area contributed by atoms with Gasteiger partial charge < -0.3 is 5.73 Å². The lowest BCUT2D eigenvalue weighted by atomic mass is 10.1. The molecule has 0 radical (unpaired) electrons. The molecule has 18 heavy (non-hydrogen) atoms. The van der Waals surface area contributed by atoms with Crippen molar-refractivity contribution in [3.05, 3.63) is 57.6 Å². The molecule has 1 nitrogen and oxygen atoms in total. The van der Waals surface area contributed by atoms with Crippen LogP contribution in [-0.2, 0) is 5.75 Å². The van der Waals surface area contributed by atoms with Gasteiger partial charge in [-0.2, -0.15) is 0 Å². The lowest BCUT2D eigenvalue weighted by Gasteiger charge is -2.06. The van der Waals surface area contributed by atoms with Crippen LogP contribution in [0.3, 0.4) is 0 Å². The van der Waals surface area contributed by atoms with Crippen molar-refractivity contribution in [2.45, 2.75) is 24.5 Å². The van der Waals surface area contributed by atoms with Crippen molar-refractivity contribution in [2.24, 2.45) is 0 Å². The summed E-state index contributed by atoms with van der Waals surface area (Å²) in [6.07, 6.45) is 0. The van der Waals surface area contributed by atoms with Gasteiger partial charge in [0.15, 0.2) is 0 Å². The number of aryl methyl sites for hydroxylation is 2. The Balaban J connectivity index is 2.08. The Morgan fingerprint density at radius 2 is 1.83 bits per heavy atom. The molecule has 0 amide bonds. The number of benzene rings is 2. The Bertz CT molecular complexity index is 546. The van der Waals surface area contributed by atoms with Crippen LogP contribution in [0, 0.1) is 13.8 Å². The zero-order valence-electron chi connectivity index (χ0n) is 10.5. The number of anilines is 1. The zero-order chi connectivity index (χ0) is 13.1. The van der Waals surface area contributed by atoms with E-state index in [1.54, 1.807) is 0 Å². The summed E-state index contributed by atoms with van der Waals surface area (Å²) in [6.45, 7) is 4.29. The van der Waals surface area contributed by atoms with E-state index in [2.05, 4.69) is 54.0 Å². The molecule has 3 heteroatoms. The van der Waals surface area contributed by atoms with Gasteiger partial charge >= 0.3 is 0 Å². The van der Waals surface area contributed by atoms with Crippen molar-refractivity contribution in [2.75, 3.05) is 5.73 Å². The maximum atomic E-state index is 5.83. The molecule has 2 rings (SSSR count). The van der Waals surface area contributed by atoms with Gasteiger partial charge in [-0.05, 0) is 60.9 Å². The van der Waals surface area contributed by atoms with Gasteiger partial charge in [0.1, 0.15) is 0 Å². The standard InChI is InChI=1S/C15H16BrNS/c1-10-3-4-15(5-11(10)2)18-9-12-6-13(16)8-14(17)7-12/h3-8H,9,17H2,1-2H3. The largest absolute Gasteiger partial charge is 0.399 e. The van der Waals surface area contributed by atoms with E-state index in [-0.39, 0.29) is 0 Å². The number of nitrogen functional groups attached to an aromatic ring is 1. The minimum Gasteiger partial charge on any atom is -0.399 e. The molecule has 0 fully saturated rings. The highest BCUT2D eigenvalue weighted by Gasteiger charge is 2.01. The summed E-state index contributed by atoms with van der Waals surface area (Å²) in [5.74, 6) is 0.937. The predicted octanol–water partition coefficient (Wildman–Crippen LogP) is 4.94. The first-order chi connectivity index (χ1) is 8.54. The molecule has 0 atom stereocenters. The van der Waals surface area contributed by atoms with Gasteiger partial charge in [0.05, 0.1) is 0 Å². The van der Waals surface area contributed by atoms with Crippen molar-refractivity contribution in [1.29, 1.82) is 0 Å². The number of nitrogens with two attached hydrogens (primary N) is 1. The predicted molar refractivity (Wildman–Crippen MR) is 84.0 cm³/mol. The summed E-state index contributed by atoms with van der Waals surface area (Å²) in [6, 6.07) is 12.6. The first kappa shape index (κ1) is 13.5. The van der Waals surface area contributed by atoms with Crippen LogP contribution in [0.1, 0.15) is 16.7 Å². The Morgan fingerprint density at radius 3 is 2.50 bits per heavy atom. The zero-order valence-corrected chi connectivity index (χ0v) is 12.9. The Kier molecular flexibility index (Phi) is 4.36. The fraction of sp³-hybridized carbons (Fsp3) is 0.200. The Labute approximate surface area is 121 Å². The lowest BCUT2D eigenvalue weighted by molar-refractivity contribution is 1.27. The molecule has 0 unspecified atom stereocenters. The highest BCUT2D eigenvalue weighted by Crippen LogP contribution is 2.27. The minimum atomic E-state index is 0.806. The number of thioether (sulfide) groups is 1. The monoisotopic (exact) mass is 321 g/mol. The Hall–Kier alpha value is -0.930. The molecule has 0 bridgehead atoms. The van der Waals surface area contributed by atoms with Crippen molar-refractivity contribution in [3.8, 4) is 0 Å². The molecule has 2 N–H and O–H groups in total. The average molecular weight is 322 g/mol. The first-order valence-corrected chi connectivity index (χ1v) is 7.57. The molecular formula is C15H16BrNS. The molecule has 2 aromatic carbocycles. The number of hydrogen-bond acceptors (Lipinski definition) is 2. The SMILES string of the molecule is Cc1ccc(SCc2cc(N)cc(Br)c2)cc1C. The minimum absolute atomic E-state index is 0.806. The number of rotatable bonds is 3. The fourth-order valence-electron chi connectivity index (χ4n) is 1.73. The molecule has 0 aliphatic rings. The van der Waals surface area contributed by atoms with E-state index in [0.717, 1.165) is 15.9 Å². The van der Waals surface area contributed by atoms with E-state index in [1.165, 1.54) is 21.6 Å². The molecule has 0 heterocycles. The van der Waals surface area contributed by atoms with E-state index in [4.69, 9.17) is 5.73 Å². The highest BCUT2D eigenvalue weighted by molar-refractivity contribution is 9.10. The molecule has 0 aliphatic carbocycles. The molecule has 0 saturated heterocycles. The second-order valence-corrected chi connectivity index (χ2v) is 6.39. The van der Waals surface area contributed by atoms with Crippen molar-refractivity contribution in [1.82, 2.24) is 0 Å². The van der Waals surface area contributed by atoms with E-state index < -0.39 is 0 Å². The van der Waals surface area contributed by atoms with Gasteiger partial charge in [-0.25, -0.2) is 0 Å². The quantitative estimate of drug-likeness (QED) is 0.640. The normalized spacial score (nSPS) is 10.6. The summed E-state index contributed by atoms with van der Waals surface area (Å²) in [4.78, 5) is 1.30. The summed E-state index contributed by atoms with van der Waals surface area (Å²) >= 11 is 5.31. The van der Waals surface area contributed by atoms with Gasteiger partial charge in [0.2, 0.25) is 0 Å². The van der Waals surface area contributed by atoms with Crippen molar-refractivity contribution < 1.29 is 0 Å². The van der Waals surface area contributed by atoms with Crippen LogP contribution < -0.4 is 5.73 Å². The topological polar surface area (TPSA) is 26.0 Å². The van der Waals surface area contributed by atoms with Crippen molar-refractivity contribution >= 4 is 33.4 Å². The maximum Gasteiger partial charge on any atom is 0.0328 e. The van der Waals surface area contributed by atoms with Crippen LogP contribution in [0.5, 0.6) is 0 Å². The van der Waals surface area contributed by atoms with Gasteiger partial charge in [-0.3, -0.25) is 0 Å². The first-order valence-electron chi connectivity index (χ1n) is 5.79. The fourth-order valence-corrected chi connectivity index (χ4v) is 3.21. The number of hydrogen-bond donors (Lipinski definition) is 1. The number of halogens is 1. The van der Waals surface area contributed by atoms with Crippen molar-refractivity contribution in [3.63, 3.8) is 0 Å². The van der Waals surface area contributed by atoms with Crippen LogP contribution in [0.25, 0.3) is 0 Å². The molecular weight excluding hydrogens is 306 g/mol. The molecule has 94 valence electrons. The van der Waals surface area contributed by atoms with Crippen LogP contribution in [0.15, 0.2) is 45.8 Å². The lowest BCUT2D eigenvalue weighted by Crippen LogP contribution is -1.88. The van der Waals surface area contributed by atoms with Crippen LogP contribution in [0.4, 0.5) is 5.69 Å². The summed E-state index contributed by atoms with van der Waals surface area (Å²) in [5, 5.41) is 0. The van der Waals surface area contributed by atoms with Crippen LogP contribution in [0.2, 0.25) is 0 Å². The molecule has 0 spiro atoms. The van der Waals surface area contributed by atoms with Gasteiger partial charge in [0, 0.05) is 20.8 Å². The second kappa shape index (κ2) is 5.81. The Morgan fingerprint density at radius 1 is 1.06 bits per heavy atom.